The van der Waals surface area contributed by atoms with Crippen LogP contribution in [0, 0.1) is 13.8 Å². The molecule has 4 rings (SSSR count). The summed E-state index contributed by atoms with van der Waals surface area (Å²) in [6.07, 6.45) is 3.74. The standard InChI is InChI=1S/C20H20N4O/c1-13-8-9-15(10-14(13)2)17-11-18(24-20(23-17)21-12-22-24)16-6-4-5-7-19(16)25-3/h4-12,18H,1-3H3,(H,21,22,23)/t18-/m1/s1. The van der Waals surface area contributed by atoms with Crippen molar-refractivity contribution in [2.24, 2.45) is 0 Å². The van der Waals surface area contributed by atoms with Crippen LogP contribution in [0.5, 0.6) is 5.75 Å². The Morgan fingerprint density at radius 3 is 2.72 bits per heavy atom. The van der Waals surface area contributed by atoms with Crippen molar-refractivity contribution in [1.82, 2.24) is 14.8 Å². The summed E-state index contributed by atoms with van der Waals surface area (Å²) in [5.74, 6) is 1.57. The zero-order chi connectivity index (χ0) is 17.4. The van der Waals surface area contributed by atoms with Crippen molar-refractivity contribution in [2.45, 2.75) is 19.9 Å². The van der Waals surface area contributed by atoms with Crippen molar-refractivity contribution in [3.05, 3.63) is 77.1 Å². The molecule has 1 aromatic heterocycles. The summed E-state index contributed by atoms with van der Waals surface area (Å²) in [4.78, 5) is 4.36. The second-order valence-corrected chi connectivity index (χ2v) is 6.22. The monoisotopic (exact) mass is 332 g/mol. The zero-order valence-electron chi connectivity index (χ0n) is 14.5. The Kier molecular flexibility index (Phi) is 3.76. The lowest BCUT2D eigenvalue weighted by atomic mass is 9.99. The van der Waals surface area contributed by atoms with Gasteiger partial charge in [-0.1, -0.05) is 30.3 Å². The average molecular weight is 332 g/mol. The first kappa shape index (κ1) is 15.4. The van der Waals surface area contributed by atoms with Gasteiger partial charge in [0.05, 0.1) is 7.11 Å². The van der Waals surface area contributed by atoms with Crippen molar-refractivity contribution in [1.29, 1.82) is 0 Å². The molecule has 0 saturated carbocycles. The third-order valence-electron chi connectivity index (χ3n) is 4.68. The van der Waals surface area contributed by atoms with Crippen LogP contribution in [-0.4, -0.2) is 21.9 Å². The van der Waals surface area contributed by atoms with Gasteiger partial charge in [-0.15, -0.1) is 0 Å². The lowest BCUT2D eigenvalue weighted by molar-refractivity contribution is 0.404. The summed E-state index contributed by atoms with van der Waals surface area (Å²) in [6.45, 7) is 4.25. The van der Waals surface area contributed by atoms with E-state index in [0.717, 1.165) is 28.5 Å². The second kappa shape index (κ2) is 6.09. The van der Waals surface area contributed by atoms with Crippen LogP contribution >= 0.6 is 0 Å². The van der Waals surface area contributed by atoms with Gasteiger partial charge in [0, 0.05) is 11.3 Å². The van der Waals surface area contributed by atoms with E-state index in [1.807, 2.05) is 22.9 Å². The fourth-order valence-electron chi connectivity index (χ4n) is 3.14. The molecule has 0 saturated heterocycles. The summed E-state index contributed by atoms with van der Waals surface area (Å²) in [6, 6.07) is 14.4. The Morgan fingerprint density at radius 1 is 1.08 bits per heavy atom. The lowest BCUT2D eigenvalue weighted by Crippen LogP contribution is -2.20. The topological polar surface area (TPSA) is 52.0 Å². The SMILES string of the molecule is COc1ccccc1[C@H]1C=C(c2ccc(C)c(C)c2)Nc2ncnn21. The lowest BCUT2D eigenvalue weighted by Gasteiger charge is -2.25. The summed E-state index contributed by atoms with van der Waals surface area (Å²) in [7, 11) is 1.69. The Morgan fingerprint density at radius 2 is 1.92 bits per heavy atom. The van der Waals surface area contributed by atoms with Gasteiger partial charge in [0.1, 0.15) is 18.1 Å². The van der Waals surface area contributed by atoms with E-state index >= 15 is 0 Å². The van der Waals surface area contributed by atoms with Crippen LogP contribution < -0.4 is 10.1 Å². The molecule has 5 nitrogen and oxygen atoms in total. The molecule has 0 unspecified atom stereocenters. The minimum Gasteiger partial charge on any atom is -0.496 e. The molecule has 1 aliphatic rings. The number of methoxy groups -OCH3 is 1. The van der Waals surface area contributed by atoms with Crippen molar-refractivity contribution in [2.75, 3.05) is 12.4 Å². The number of hydrogen-bond donors (Lipinski definition) is 1. The highest BCUT2D eigenvalue weighted by Gasteiger charge is 2.25. The zero-order valence-corrected chi connectivity index (χ0v) is 14.5. The number of para-hydroxylation sites is 1. The maximum Gasteiger partial charge on any atom is 0.226 e. The molecule has 1 N–H and O–H groups in total. The maximum absolute atomic E-state index is 5.55. The molecule has 0 fully saturated rings. The molecule has 126 valence electrons. The summed E-state index contributed by atoms with van der Waals surface area (Å²) < 4.78 is 7.43. The van der Waals surface area contributed by atoms with Gasteiger partial charge in [0.2, 0.25) is 5.95 Å². The minimum absolute atomic E-state index is 0.0773. The smallest absolute Gasteiger partial charge is 0.226 e. The molecule has 2 aromatic carbocycles. The molecule has 1 aliphatic heterocycles. The first-order valence-corrected chi connectivity index (χ1v) is 8.26. The Bertz CT molecular complexity index is 958. The van der Waals surface area contributed by atoms with Crippen LogP contribution in [0.15, 0.2) is 54.9 Å². The number of rotatable bonds is 3. The largest absolute Gasteiger partial charge is 0.496 e. The third-order valence-corrected chi connectivity index (χ3v) is 4.68. The number of anilines is 1. The number of hydrogen-bond acceptors (Lipinski definition) is 4. The molecule has 0 radical (unpaired) electrons. The van der Waals surface area contributed by atoms with E-state index in [2.05, 4.69) is 59.6 Å². The molecule has 0 amide bonds. The molecule has 5 heteroatoms. The third kappa shape index (κ3) is 2.67. The van der Waals surface area contributed by atoms with Crippen LogP contribution in [0.2, 0.25) is 0 Å². The fraction of sp³-hybridized carbons (Fsp3) is 0.200. The Balaban J connectivity index is 1.84. The van der Waals surface area contributed by atoms with Gasteiger partial charge in [-0.05, 0) is 48.7 Å². The number of nitrogens with zero attached hydrogens (tertiary/aromatic N) is 3. The molecule has 2 heterocycles. The number of fused-ring (bicyclic) bond motifs is 1. The minimum atomic E-state index is -0.0773. The van der Waals surface area contributed by atoms with E-state index in [4.69, 9.17) is 4.74 Å². The van der Waals surface area contributed by atoms with E-state index < -0.39 is 0 Å². The molecular formula is C20H20N4O. The van der Waals surface area contributed by atoms with E-state index in [0.29, 0.717) is 0 Å². The number of ether oxygens (including phenoxy) is 1. The summed E-state index contributed by atoms with van der Waals surface area (Å²) >= 11 is 0. The predicted molar refractivity (Wildman–Crippen MR) is 98.7 cm³/mol. The summed E-state index contributed by atoms with van der Waals surface area (Å²) in [5.41, 5.74) is 5.77. The van der Waals surface area contributed by atoms with Crippen molar-refractivity contribution in [3.63, 3.8) is 0 Å². The van der Waals surface area contributed by atoms with Crippen LogP contribution in [-0.2, 0) is 0 Å². The maximum atomic E-state index is 5.55. The molecule has 1 atom stereocenters. The normalized spacial score (nSPS) is 16.0. The van der Waals surface area contributed by atoms with E-state index in [9.17, 15) is 0 Å². The summed E-state index contributed by atoms with van der Waals surface area (Å²) in [5, 5.41) is 7.78. The highest BCUT2D eigenvalue weighted by atomic mass is 16.5. The van der Waals surface area contributed by atoms with Gasteiger partial charge < -0.3 is 10.1 Å². The molecular weight excluding hydrogens is 312 g/mol. The fourth-order valence-corrected chi connectivity index (χ4v) is 3.14. The van der Waals surface area contributed by atoms with Crippen LogP contribution in [0.1, 0.15) is 28.3 Å². The second-order valence-electron chi connectivity index (χ2n) is 6.22. The Labute approximate surface area is 147 Å². The van der Waals surface area contributed by atoms with Crippen LogP contribution in [0.3, 0.4) is 0 Å². The molecule has 3 aromatic rings. The Hall–Kier alpha value is -3.08. The first-order chi connectivity index (χ1) is 12.2. The number of benzene rings is 2. The van der Waals surface area contributed by atoms with Gasteiger partial charge in [0.25, 0.3) is 0 Å². The van der Waals surface area contributed by atoms with E-state index in [1.54, 1.807) is 13.4 Å². The number of aryl methyl sites for hydroxylation is 2. The van der Waals surface area contributed by atoms with E-state index in [1.165, 1.54) is 11.1 Å². The van der Waals surface area contributed by atoms with Gasteiger partial charge in [-0.3, -0.25) is 0 Å². The predicted octanol–water partition coefficient (Wildman–Crippen LogP) is 3.96. The molecule has 0 spiro atoms. The number of aromatic nitrogens is 3. The average Bonchev–Trinajstić information content (AvgIpc) is 3.12. The van der Waals surface area contributed by atoms with Crippen LogP contribution in [0.25, 0.3) is 5.70 Å². The van der Waals surface area contributed by atoms with Gasteiger partial charge in [0.15, 0.2) is 0 Å². The molecule has 0 aliphatic carbocycles. The van der Waals surface area contributed by atoms with Crippen molar-refractivity contribution < 1.29 is 4.74 Å². The highest BCUT2D eigenvalue weighted by molar-refractivity contribution is 5.77. The van der Waals surface area contributed by atoms with Gasteiger partial charge in [-0.2, -0.15) is 10.1 Å². The highest BCUT2D eigenvalue weighted by Crippen LogP contribution is 2.36. The van der Waals surface area contributed by atoms with Gasteiger partial charge in [-0.25, -0.2) is 4.68 Å². The molecule has 25 heavy (non-hydrogen) atoms. The van der Waals surface area contributed by atoms with Crippen molar-refractivity contribution >= 4 is 11.6 Å². The number of allylic oxidation sites excluding steroid dienone is 1. The van der Waals surface area contributed by atoms with Gasteiger partial charge >= 0.3 is 0 Å². The molecule has 0 bridgehead atoms. The number of nitrogens with one attached hydrogen (secondary N) is 1. The first-order valence-electron chi connectivity index (χ1n) is 8.26. The van der Waals surface area contributed by atoms with E-state index in [-0.39, 0.29) is 6.04 Å². The van der Waals surface area contributed by atoms with Crippen LogP contribution in [0.4, 0.5) is 5.95 Å². The van der Waals surface area contributed by atoms with Crippen molar-refractivity contribution in [3.8, 4) is 5.75 Å². The quantitative estimate of drug-likeness (QED) is 0.789.